The maximum atomic E-state index is 12.0. The predicted molar refractivity (Wildman–Crippen MR) is 64.4 cm³/mol. The third-order valence-corrected chi connectivity index (χ3v) is 3.37. The van der Waals surface area contributed by atoms with E-state index in [1.165, 1.54) is 4.90 Å². The standard InChI is InChI=1S/C12H22N2O3/c1-12(2,3)9(13)7-10(15)14-6-4-5-8(14)11(16)17/h8-9H,4-7,13H2,1-3H3,(H,16,17)/t8-,9?/m1/s1. The Labute approximate surface area is 102 Å². The average molecular weight is 242 g/mol. The van der Waals surface area contributed by atoms with E-state index in [4.69, 9.17) is 10.8 Å². The predicted octanol–water partition coefficient (Wildman–Crippen LogP) is 0.826. The van der Waals surface area contributed by atoms with Crippen molar-refractivity contribution in [2.45, 2.75) is 52.1 Å². The molecule has 1 aliphatic rings. The van der Waals surface area contributed by atoms with Gasteiger partial charge in [-0.2, -0.15) is 0 Å². The molecule has 0 aromatic heterocycles. The number of nitrogens with two attached hydrogens (primary N) is 1. The van der Waals surface area contributed by atoms with Gasteiger partial charge in [-0.05, 0) is 18.3 Å². The fraction of sp³-hybridized carbons (Fsp3) is 0.833. The molecule has 0 radical (unpaired) electrons. The van der Waals surface area contributed by atoms with E-state index >= 15 is 0 Å². The van der Waals surface area contributed by atoms with Gasteiger partial charge in [-0.15, -0.1) is 0 Å². The first-order chi connectivity index (χ1) is 7.73. The third kappa shape index (κ3) is 3.43. The number of likely N-dealkylation sites (tertiary alicyclic amines) is 1. The minimum atomic E-state index is -0.916. The van der Waals surface area contributed by atoms with E-state index in [1.807, 2.05) is 20.8 Å². The van der Waals surface area contributed by atoms with Gasteiger partial charge in [-0.25, -0.2) is 4.79 Å². The van der Waals surface area contributed by atoms with Gasteiger partial charge < -0.3 is 15.7 Å². The van der Waals surface area contributed by atoms with E-state index in [2.05, 4.69) is 0 Å². The van der Waals surface area contributed by atoms with Crippen molar-refractivity contribution in [2.24, 2.45) is 11.1 Å². The molecule has 98 valence electrons. The molecule has 0 aliphatic carbocycles. The van der Waals surface area contributed by atoms with Gasteiger partial charge in [0.15, 0.2) is 0 Å². The Morgan fingerprint density at radius 3 is 2.53 bits per heavy atom. The normalized spacial score (nSPS) is 22.6. The zero-order valence-electron chi connectivity index (χ0n) is 10.8. The van der Waals surface area contributed by atoms with Crippen molar-refractivity contribution in [2.75, 3.05) is 6.54 Å². The number of aliphatic carboxylic acids is 1. The number of carbonyl (C=O) groups excluding carboxylic acids is 1. The quantitative estimate of drug-likeness (QED) is 0.767. The summed E-state index contributed by atoms with van der Waals surface area (Å²) in [4.78, 5) is 24.4. The first kappa shape index (κ1) is 14.0. The SMILES string of the molecule is CC(C)(C)C(N)CC(=O)N1CCC[C@@H]1C(=O)O. The second-order valence-corrected chi connectivity index (χ2v) is 5.76. The minimum absolute atomic E-state index is 0.141. The van der Waals surface area contributed by atoms with E-state index in [0.29, 0.717) is 13.0 Å². The first-order valence-corrected chi connectivity index (χ1v) is 6.01. The maximum Gasteiger partial charge on any atom is 0.326 e. The number of hydrogen-bond donors (Lipinski definition) is 2. The molecule has 0 aromatic carbocycles. The molecule has 5 heteroatoms. The molecular formula is C12H22N2O3. The van der Waals surface area contributed by atoms with Gasteiger partial charge in [0.2, 0.25) is 5.91 Å². The molecule has 1 aliphatic heterocycles. The smallest absolute Gasteiger partial charge is 0.326 e. The largest absolute Gasteiger partial charge is 0.480 e. The lowest BCUT2D eigenvalue weighted by Gasteiger charge is -2.29. The van der Waals surface area contributed by atoms with Crippen molar-refractivity contribution in [3.63, 3.8) is 0 Å². The van der Waals surface area contributed by atoms with E-state index < -0.39 is 12.0 Å². The van der Waals surface area contributed by atoms with Crippen molar-refractivity contribution >= 4 is 11.9 Å². The topological polar surface area (TPSA) is 83.6 Å². The highest BCUT2D eigenvalue weighted by Gasteiger charge is 2.35. The zero-order chi connectivity index (χ0) is 13.2. The maximum absolute atomic E-state index is 12.0. The molecule has 17 heavy (non-hydrogen) atoms. The summed E-state index contributed by atoms with van der Waals surface area (Å²) in [6.45, 7) is 6.46. The summed E-state index contributed by atoms with van der Waals surface area (Å²) in [5.74, 6) is -1.06. The van der Waals surface area contributed by atoms with Crippen LogP contribution in [0.15, 0.2) is 0 Å². The number of rotatable bonds is 3. The van der Waals surface area contributed by atoms with E-state index in [0.717, 1.165) is 6.42 Å². The monoisotopic (exact) mass is 242 g/mol. The Morgan fingerprint density at radius 1 is 1.47 bits per heavy atom. The van der Waals surface area contributed by atoms with Crippen molar-refractivity contribution in [1.29, 1.82) is 0 Å². The summed E-state index contributed by atoms with van der Waals surface area (Å²) in [6, 6.07) is -0.903. The molecule has 5 nitrogen and oxygen atoms in total. The Balaban J connectivity index is 2.61. The van der Waals surface area contributed by atoms with E-state index in [1.54, 1.807) is 0 Å². The van der Waals surface area contributed by atoms with E-state index in [9.17, 15) is 9.59 Å². The number of carbonyl (C=O) groups is 2. The molecule has 3 N–H and O–H groups in total. The summed E-state index contributed by atoms with van der Waals surface area (Å²) in [5.41, 5.74) is 5.80. The van der Waals surface area contributed by atoms with Gasteiger partial charge >= 0.3 is 5.97 Å². The number of hydrogen-bond acceptors (Lipinski definition) is 3. The molecule has 0 spiro atoms. The van der Waals surface area contributed by atoms with Crippen molar-refractivity contribution in [3.8, 4) is 0 Å². The van der Waals surface area contributed by atoms with Crippen LogP contribution in [0.1, 0.15) is 40.0 Å². The van der Waals surface area contributed by atoms with Gasteiger partial charge in [0.25, 0.3) is 0 Å². The Morgan fingerprint density at radius 2 is 2.06 bits per heavy atom. The van der Waals surface area contributed by atoms with Crippen LogP contribution in [0, 0.1) is 5.41 Å². The van der Waals surface area contributed by atoms with Gasteiger partial charge in [0, 0.05) is 19.0 Å². The van der Waals surface area contributed by atoms with Crippen LogP contribution in [0.5, 0.6) is 0 Å². The van der Waals surface area contributed by atoms with Crippen molar-refractivity contribution < 1.29 is 14.7 Å². The molecule has 1 heterocycles. The Hall–Kier alpha value is -1.10. The summed E-state index contributed by atoms with van der Waals surface area (Å²) < 4.78 is 0. The highest BCUT2D eigenvalue weighted by Crippen LogP contribution is 2.23. The summed E-state index contributed by atoms with van der Waals surface area (Å²) in [5, 5.41) is 9.00. The molecule has 0 saturated carbocycles. The molecule has 1 amide bonds. The number of carboxylic acids is 1. The first-order valence-electron chi connectivity index (χ1n) is 6.01. The van der Waals surface area contributed by atoms with Gasteiger partial charge in [-0.1, -0.05) is 20.8 Å². The van der Waals surface area contributed by atoms with Crippen LogP contribution in [0.3, 0.4) is 0 Å². The summed E-state index contributed by atoms with van der Waals surface area (Å²) >= 11 is 0. The van der Waals surface area contributed by atoms with Crippen LogP contribution in [0.25, 0.3) is 0 Å². The average Bonchev–Trinajstić information content (AvgIpc) is 2.63. The molecule has 0 bridgehead atoms. The third-order valence-electron chi connectivity index (χ3n) is 3.37. The van der Waals surface area contributed by atoms with Crippen LogP contribution in [0.4, 0.5) is 0 Å². The number of amides is 1. The van der Waals surface area contributed by atoms with Gasteiger partial charge in [0.05, 0.1) is 0 Å². The Bertz CT molecular complexity index is 309. The summed E-state index contributed by atoms with van der Waals surface area (Å²) in [7, 11) is 0. The molecule has 1 rings (SSSR count). The molecule has 2 atom stereocenters. The molecule has 1 unspecified atom stereocenters. The van der Waals surface area contributed by atoms with Gasteiger partial charge in [0.1, 0.15) is 6.04 Å². The number of carboxylic acid groups (broad SMARTS) is 1. The lowest BCUT2D eigenvalue weighted by molar-refractivity contribution is -0.148. The van der Waals surface area contributed by atoms with Crippen molar-refractivity contribution in [1.82, 2.24) is 4.90 Å². The van der Waals surface area contributed by atoms with E-state index in [-0.39, 0.29) is 23.8 Å². The second-order valence-electron chi connectivity index (χ2n) is 5.76. The van der Waals surface area contributed by atoms with Crippen molar-refractivity contribution in [3.05, 3.63) is 0 Å². The fourth-order valence-corrected chi connectivity index (χ4v) is 1.93. The molecule has 0 aromatic rings. The molecule has 1 fully saturated rings. The minimum Gasteiger partial charge on any atom is -0.480 e. The lowest BCUT2D eigenvalue weighted by Crippen LogP contribution is -2.45. The van der Waals surface area contributed by atoms with Crippen LogP contribution < -0.4 is 5.73 Å². The van der Waals surface area contributed by atoms with Crippen LogP contribution in [0.2, 0.25) is 0 Å². The Kier molecular flexibility index (Phi) is 4.14. The second kappa shape index (κ2) is 5.04. The summed E-state index contributed by atoms with van der Waals surface area (Å²) in [6.07, 6.45) is 1.52. The lowest BCUT2D eigenvalue weighted by atomic mass is 9.85. The zero-order valence-corrected chi connectivity index (χ0v) is 10.8. The molecular weight excluding hydrogens is 220 g/mol. The van der Waals surface area contributed by atoms with Crippen LogP contribution in [-0.2, 0) is 9.59 Å². The van der Waals surface area contributed by atoms with Gasteiger partial charge in [-0.3, -0.25) is 4.79 Å². The van der Waals surface area contributed by atoms with Crippen LogP contribution in [-0.4, -0.2) is 40.5 Å². The van der Waals surface area contributed by atoms with Crippen LogP contribution >= 0.6 is 0 Å². The highest BCUT2D eigenvalue weighted by atomic mass is 16.4. The molecule has 1 saturated heterocycles. The highest BCUT2D eigenvalue weighted by molar-refractivity contribution is 5.84. The fourth-order valence-electron chi connectivity index (χ4n) is 1.93. The number of nitrogens with zero attached hydrogens (tertiary/aromatic N) is 1.